The third kappa shape index (κ3) is 4.29. The number of carbonyl (C=O) groups is 1. The molecule has 0 spiro atoms. The molecule has 0 radical (unpaired) electrons. The van der Waals surface area contributed by atoms with Gasteiger partial charge in [0.15, 0.2) is 5.82 Å². The van der Waals surface area contributed by atoms with E-state index < -0.39 is 5.54 Å². The van der Waals surface area contributed by atoms with Gasteiger partial charge in [0.2, 0.25) is 5.91 Å². The highest BCUT2D eigenvalue weighted by Crippen LogP contribution is 2.37. The van der Waals surface area contributed by atoms with E-state index in [1.54, 1.807) is 29.1 Å². The van der Waals surface area contributed by atoms with Crippen molar-refractivity contribution < 1.29 is 9.18 Å². The first kappa shape index (κ1) is 24.1. The highest BCUT2D eigenvalue weighted by atomic mass is 35.5. The summed E-state index contributed by atoms with van der Waals surface area (Å²) in [6.07, 6.45) is 3.68. The van der Waals surface area contributed by atoms with E-state index in [0.29, 0.717) is 48.0 Å². The van der Waals surface area contributed by atoms with Crippen LogP contribution in [0.4, 0.5) is 10.2 Å². The Labute approximate surface area is 213 Å². The fraction of sp³-hybridized carbons (Fsp3) is 0.308. The van der Waals surface area contributed by atoms with Crippen LogP contribution in [0.5, 0.6) is 0 Å². The maximum absolute atomic E-state index is 13.7. The normalized spacial score (nSPS) is 15.4. The summed E-state index contributed by atoms with van der Waals surface area (Å²) in [5.74, 6) is -0.0352. The molecule has 1 amide bonds. The van der Waals surface area contributed by atoms with Gasteiger partial charge in [-0.15, -0.1) is 5.10 Å². The van der Waals surface area contributed by atoms with E-state index in [9.17, 15) is 9.18 Å². The molecule has 36 heavy (non-hydrogen) atoms. The summed E-state index contributed by atoms with van der Waals surface area (Å²) in [5, 5.41) is 18.3. The minimum Gasteiger partial charge on any atom is -0.368 e. The Morgan fingerprint density at radius 1 is 1.17 bits per heavy atom. The number of halogens is 2. The number of nitrogens with two attached hydrogens (primary N) is 1. The monoisotopic (exact) mass is 507 g/mol. The summed E-state index contributed by atoms with van der Waals surface area (Å²) in [6, 6.07) is 13.7. The minimum absolute atomic E-state index is 0.324. The van der Waals surface area contributed by atoms with Gasteiger partial charge in [-0.3, -0.25) is 4.79 Å². The van der Waals surface area contributed by atoms with Crippen LogP contribution in [0.1, 0.15) is 26.2 Å². The second-order valence-corrected chi connectivity index (χ2v) is 9.42. The fourth-order valence-electron chi connectivity index (χ4n) is 4.78. The van der Waals surface area contributed by atoms with Crippen molar-refractivity contribution in [1.29, 1.82) is 0 Å². The second kappa shape index (κ2) is 9.83. The summed E-state index contributed by atoms with van der Waals surface area (Å²) in [7, 11) is 0. The number of fused-ring (bicyclic) bond motifs is 1. The van der Waals surface area contributed by atoms with Crippen LogP contribution in [0, 0.1) is 5.82 Å². The van der Waals surface area contributed by atoms with Crippen LogP contribution in [0.3, 0.4) is 0 Å². The summed E-state index contributed by atoms with van der Waals surface area (Å²) in [4.78, 5) is 14.4. The zero-order valence-electron chi connectivity index (χ0n) is 19.9. The van der Waals surface area contributed by atoms with Gasteiger partial charge < -0.3 is 16.0 Å². The first-order chi connectivity index (χ1) is 17.4. The molecule has 0 aliphatic carbocycles. The predicted octanol–water partition coefficient (Wildman–Crippen LogP) is 4.10. The molecule has 1 saturated heterocycles. The average molecular weight is 508 g/mol. The molecule has 3 N–H and O–H groups in total. The molecule has 0 saturated carbocycles. The van der Waals surface area contributed by atoms with Crippen molar-refractivity contribution in [3.05, 3.63) is 65.6 Å². The molecule has 3 heterocycles. The molecule has 2 aromatic heterocycles. The number of amides is 1. The molecule has 5 rings (SSSR count). The number of hydrogen-bond acceptors (Lipinski definition) is 6. The van der Waals surface area contributed by atoms with Crippen LogP contribution in [0.25, 0.3) is 27.8 Å². The Morgan fingerprint density at radius 3 is 2.56 bits per heavy atom. The molecule has 4 aromatic rings. The van der Waals surface area contributed by atoms with Crippen LogP contribution in [0.2, 0.25) is 5.02 Å². The number of benzene rings is 2. The number of para-hydroxylation sites is 1. The highest BCUT2D eigenvalue weighted by molar-refractivity contribution is 6.32. The van der Waals surface area contributed by atoms with Crippen LogP contribution < -0.4 is 16.0 Å². The molecular weight excluding hydrogens is 481 g/mol. The van der Waals surface area contributed by atoms with Crippen LogP contribution in [0.15, 0.2) is 54.7 Å². The lowest BCUT2D eigenvalue weighted by molar-refractivity contribution is -0.125. The molecule has 1 fully saturated rings. The van der Waals surface area contributed by atoms with Crippen molar-refractivity contribution in [3.63, 3.8) is 0 Å². The number of anilines is 1. The maximum atomic E-state index is 13.7. The van der Waals surface area contributed by atoms with Gasteiger partial charge in [-0.2, -0.15) is 10.2 Å². The van der Waals surface area contributed by atoms with Gasteiger partial charge in [0.05, 0.1) is 28.0 Å². The minimum atomic E-state index is -0.732. The summed E-state index contributed by atoms with van der Waals surface area (Å²) in [5.41, 5.74) is 7.91. The van der Waals surface area contributed by atoms with Gasteiger partial charge in [0.1, 0.15) is 16.9 Å². The van der Waals surface area contributed by atoms with Gasteiger partial charge in [-0.05, 0) is 62.2 Å². The Kier molecular flexibility index (Phi) is 6.59. The number of primary amides is 1. The van der Waals surface area contributed by atoms with Crippen molar-refractivity contribution in [2.45, 2.75) is 31.7 Å². The van der Waals surface area contributed by atoms with E-state index in [-0.39, 0.29) is 11.7 Å². The largest absolute Gasteiger partial charge is 0.368 e. The fourth-order valence-corrected chi connectivity index (χ4v) is 4.99. The summed E-state index contributed by atoms with van der Waals surface area (Å²) >= 11 is 6.55. The second-order valence-electron chi connectivity index (χ2n) is 9.01. The lowest BCUT2D eigenvalue weighted by atomic mass is 9.86. The summed E-state index contributed by atoms with van der Waals surface area (Å²) in [6.45, 7) is 3.92. The van der Waals surface area contributed by atoms with Crippen molar-refractivity contribution in [2.24, 2.45) is 5.73 Å². The zero-order valence-corrected chi connectivity index (χ0v) is 20.7. The number of nitrogens with one attached hydrogen (secondary N) is 1. The highest BCUT2D eigenvalue weighted by Gasteiger charge is 2.40. The van der Waals surface area contributed by atoms with E-state index in [1.807, 2.05) is 18.2 Å². The number of aromatic nitrogens is 4. The van der Waals surface area contributed by atoms with Crippen LogP contribution in [-0.4, -0.2) is 51.1 Å². The zero-order chi connectivity index (χ0) is 25.3. The first-order valence-electron chi connectivity index (χ1n) is 12.0. The quantitative estimate of drug-likeness (QED) is 0.390. The van der Waals surface area contributed by atoms with E-state index in [2.05, 4.69) is 27.3 Å². The Morgan fingerprint density at radius 2 is 1.89 bits per heavy atom. The first-order valence-corrected chi connectivity index (χ1v) is 12.4. The maximum Gasteiger partial charge on any atom is 0.237 e. The Bertz CT molecular complexity index is 1400. The third-order valence-corrected chi connectivity index (χ3v) is 7.09. The smallest absolute Gasteiger partial charge is 0.237 e. The van der Waals surface area contributed by atoms with E-state index >= 15 is 0 Å². The topological polar surface area (TPSA) is 102 Å². The lowest BCUT2D eigenvalue weighted by Crippen LogP contribution is -2.61. The number of hydrogen-bond donors (Lipinski definition) is 2. The molecule has 1 aliphatic rings. The summed E-state index contributed by atoms with van der Waals surface area (Å²) < 4.78 is 15.5. The molecular formula is C26H27ClFN7O. The van der Waals surface area contributed by atoms with Gasteiger partial charge in [0.25, 0.3) is 0 Å². The van der Waals surface area contributed by atoms with Gasteiger partial charge in [-0.25, -0.2) is 9.07 Å². The molecule has 0 atom stereocenters. The van der Waals surface area contributed by atoms with Crippen LogP contribution >= 0.6 is 11.6 Å². The Balaban J connectivity index is 1.60. The lowest BCUT2D eigenvalue weighted by Gasteiger charge is -2.40. The van der Waals surface area contributed by atoms with Crippen LogP contribution in [-0.2, 0) is 4.79 Å². The number of nitrogens with zero attached hydrogens (tertiary/aromatic N) is 5. The van der Waals surface area contributed by atoms with E-state index in [1.165, 1.54) is 12.1 Å². The van der Waals surface area contributed by atoms with Gasteiger partial charge in [0, 0.05) is 18.7 Å². The average Bonchev–Trinajstić information content (AvgIpc) is 3.28. The number of carbonyl (C=O) groups excluding carboxylic acids is 1. The molecule has 8 nitrogen and oxygen atoms in total. The molecule has 1 aliphatic heterocycles. The SMILES string of the molecule is CCCNC1(C(N)=O)CCN(c2nncc3c(-c4ccc(F)cc4)n(-c4ccccc4Cl)nc23)CC1. The third-order valence-electron chi connectivity index (χ3n) is 6.77. The van der Waals surface area contributed by atoms with Crippen molar-refractivity contribution in [2.75, 3.05) is 24.5 Å². The Hall–Kier alpha value is -3.56. The molecule has 0 unspecified atom stereocenters. The van der Waals surface area contributed by atoms with Gasteiger partial charge in [-0.1, -0.05) is 30.7 Å². The predicted molar refractivity (Wildman–Crippen MR) is 139 cm³/mol. The van der Waals surface area contributed by atoms with Crippen molar-refractivity contribution >= 4 is 34.2 Å². The molecule has 2 aromatic carbocycles. The number of rotatable bonds is 7. The molecule has 10 heteroatoms. The molecule has 0 bridgehead atoms. The van der Waals surface area contributed by atoms with E-state index in [4.69, 9.17) is 22.4 Å². The van der Waals surface area contributed by atoms with Crippen molar-refractivity contribution in [3.8, 4) is 16.9 Å². The molecule has 186 valence electrons. The van der Waals surface area contributed by atoms with Gasteiger partial charge >= 0.3 is 0 Å². The van der Waals surface area contributed by atoms with E-state index in [0.717, 1.165) is 29.6 Å². The standard InChI is InChI=1S/C26H27ClFN7O/c1-2-13-30-26(25(29)36)11-14-34(15-12-26)24-22-19(16-31-32-24)23(17-7-9-18(28)10-8-17)35(33-22)21-6-4-3-5-20(21)27/h3-10,16,30H,2,11-15H2,1H3,(H2,29,36). The number of piperidine rings is 1. The van der Waals surface area contributed by atoms with Crippen molar-refractivity contribution in [1.82, 2.24) is 25.3 Å².